The second-order valence-electron chi connectivity index (χ2n) is 5.98. The summed E-state index contributed by atoms with van der Waals surface area (Å²) in [5.74, 6) is -1.50. The van der Waals surface area contributed by atoms with Crippen LogP contribution in [0.3, 0.4) is 0 Å². The van der Waals surface area contributed by atoms with Crippen LogP contribution >= 0.6 is 0 Å². The van der Waals surface area contributed by atoms with Crippen LogP contribution in [0.5, 0.6) is 0 Å². The zero-order valence-corrected chi connectivity index (χ0v) is 15.2. The maximum atomic E-state index is 12.2. The van der Waals surface area contributed by atoms with Gasteiger partial charge in [-0.15, -0.1) is 0 Å². The lowest BCUT2D eigenvalue weighted by molar-refractivity contribution is -0.116. The summed E-state index contributed by atoms with van der Waals surface area (Å²) >= 11 is 0. The lowest BCUT2D eigenvalue weighted by Gasteiger charge is -2.10. The van der Waals surface area contributed by atoms with Crippen molar-refractivity contribution in [3.8, 4) is 0 Å². The molecule has 0 aromatic heterocycles. The number of benzene rings is 2. The molecule has 2 aromatic rings. The molecule has 0 unspecified atom stereocenters. The molecule has 2 rings (SSSR count). The number of aryl methyl sites for hydroxylation is 1. The van der Waals surface area contributed by atoms with E-state index in [1.54, 1.807) is 31.3 Å². The quantitative estimate of drug-likeness (QED) is 0.662. The van der Waals surface area contributed by atoms with Crippen molar-refractivity contribution >= 4 is 23.5 Å². The SMILES string of the molecule is CNC(=O)c1cccc(CCC(=O)Nc2cc(COC)cc(C(=O)O)c2)c1. The Morgan fingerprint density at radius 1 is 1.04 bits per heavy atom. The molecule has 0 saturated heterocycles. The fourth-order valence-corrected chi connectivity index (χ4v) is 2.63. The van der Waals surface area contributed by atoms with E-state index in [2.05, 4.69) is 10.6 Å². The Hall–Kier alpha value is -3.19. The number of hydrogen-bond acceptors (Lipinski definition) is 4. The topological polar surface area (TPSA) is 105 Å². The van der Waals surface area contributed by atoms with Gasteiger partial charge in [0.15, 0.2) is 0 Å². The monoisotopic (exact) mass is 370 g/mol. The van der Waals surface area contributed by atoms with Gasteiger partial charge in [-0.25, -0.2) is 4.79 Å². The molecule has 2 amide bonds. The Morgan fingerprint density at radius 3 is 2.44 bits per heavy atom. The largest absolute Gasteiger partial charge is 0.478 e. The van der Waals surface area contributed by atoms with Gasteiger partial charge in [-0.05, 0) is 47.9 Å². The molecule has 0 heterocycles. The van der Waals surface area contributed by atoms with E-state index in [0.717, 1.165) is 5.56 Å². The molecular formula is C20H22N2O5. The van der Waals surface area contributed by atoms with Crippen LogP contribution in [0.2, 0.25) is 0 Å². The first-order valence-corrected chi connectivity index (χ1v) is 8.40. The van der Waals surface area contributed by atoms with Crippen molar-refractivity contribution in [2.24, 2.45) is 0 Å². The molecular weight excluding hydrogens is 348 g/mol. The van der Waals surface area contributed by atoms with Gasteiger partial charge < -0.3 is 20.5 Å². The van der Waals surface area contributed by atoms with Gasteiger partial charge in [0.2, 0.25) is 5.91 Å². The highest BCUT2D eigenvalue weighted by Crippen LogP contribution is 2.17. The number of carboxylic acids is 1. The van der Waals surface area contributed by atoms with E-state index in [1.807, 2.05) is 6.07 Å². The Bertz CT molecular complexity index is 848. The second-order valence-corrected chi connectivity index (χ2v) is 5.98. The van der Waals surface area contributed by atoms with E-state index < -0.39 is 5.97 Å². The minimum atomic E-state index is -1.07. The molecule has 7 nitrogen and oxygen atoms in total. The first-order valence-electron chi connectivity index (χ1n) is 8.40. The second kappa shape index (κ2) is 9.49. The molecule has 3 N–H and O–H groups in total. The van der Waals surface area contributed by atoms with Crippen LogP contribution < -0.4 is 10.6 Å². The van der Waals surface area contributed by atoms with Crippen LogP contribution in [0.4, 0.5) is 5.69 Å². The highest BCUT2D eigenvalue weighted by atomic mass is 16.5. The molecule has 0 spiro atoms. The molecule has 0 saturated carbocycles. The van der Waals surface area contributed by atoms with E-state index in [0.29, 0.717) is 23.2 Å². The van der Waals surface area contributed by atoms with Gasteiger partial charge in [0, 0.05) is 31.8 Å². The Balaban J connectivity index is 2.03. The van der Waals surface area contributed by atoms with Crippen molar-refractivity contribution in [3.63, 3.8) is 0 Å². The summed E-state index contributed by atoms with van der Waals surface area (Å²) in [7, 11) is 3.07. The van der Waals surface area contributed by atoms with Gasteiger partial charge in [-0.3, -0.25) is 9.59 Å². The number of nitrogens with one attached hydrogen (secondary N) is 2. The fraction of sp³-hybridized carbons (Fsp3) is 0.250. The maximum absolute atomic E-state index is 12.2. The van der Waals surface area contributed by atoms with Crippen molar-refractivity contribution < 1.29 is 24.2 Å². The third kappa shape index (κ3) is 5.93. The zero-order valence-electron chi connectivity index (χ0n) is 15.2. The molecule has 0 fully saturated rings. The highest BCUT2D eigenvalue weighted by molar-refractivity contribution is 5.95. The normalized spacial score (nSPS) is 10.3. The Morgan fingerprint density at radius 2 is 1.78 bits per heavy atom. The molecule has 0 bridgehead atoms. The van der Waals surface area contributed by atoms with Gasteiger partial charge >= 0.3 is 5.97 Å². The predicted octanol–water partition coefficient (Wildman–Crippen LogP) is 2.46. The van der Waals surface area contributed by atoms with Gasteiger partial charge in [0.1, 0.15) is 0 Å². The summed E-state index contributed by atoms with van der Waals surface area (Å²) in [5, 5.41) is 14.5. The van der Waals surface area contributed by atoms with Gasteiger partial charge in [0.05, 0.1) is 12.2 Å². The number of carboxylic acid groups (broad SMARTS) is 1. The van der Waals surface area contributed by atoms with Crippen molar-refractivity contribution in [2.45, 2.75) is 19.4 Å². The summed E-state index contributed by atoms with van der Waals surface area (Å²) in [6.45, 7) is 0.246. The predicted molar refractivity (Wildman–Crippen MR) is 101 cm³/mol. The van der Waals surface area contributed by atoms with Crippen LogP contribution in [0.1, 0.15) is 38.3 Å². The fourth-order valence-electron chi connectivity index (χ4n) is 2.63. The van der Waals surface area contributed by atoms with Crippen molar-refractivity contribution in [1.82, 2.24) is 5.32 Å². The number of ether oxygens (including phenoxy) is 1. The number of anilines is 1. The minimum Gasteiger partial charge on any atom is -0.478 e. The van der Waals surface area contributed by atoms with Crippen LogP contribution in [0, 0.1) is 0 Å². The average Bonchev–Trinajstić information content (AvgIpc) is 2.66. The molecule has 0 aliphatic carbocycles. The number of aromatic carboxylic acids is 1. The van der Waals surface area contributed by atoms with Crippen LogP contribution in [0.15, 0.2) is 42.5 Å². The van der Waals surface area contributed by atoms with E-state index in [4.69, 9.17) is 4.74 Å². The Kier molecular flexibility index (Phi) is 7.08. The average molecular weight is 370 g/mol. The van der Waals surface area contributed by atoms with Crippen LogP contribution in [-0.4, -0.2) is 37.0 Å². The van der Waals surface area contributed by atoms with E-state index in [-0.39, 0.29) is 30.4 Å². The standard InChI is InChI=1S/C20H22N2O5/c1-21-19(24)15-5-3-4-13(8-15)6-7-18(23)22-17-10-14(12-27-2)9-16(11-17)20(25)26/h3-5,8-11H,6-7,12H2,1-2H3,(H,21,24)(H,22,23)(H,25,26). The molecule has 0 aliphatic rings. The smallest absolute Gasteiger partial charge is 0.335 e. The number of carbonyl (C=O) groups excluding carboxylic acids is 2. The number of rotatable bonds is 8. The molecule has 0 atom stereocenters. The van der Waals surface area contributed by atoms with E-state index in [9.17, 15) is 19.5 Å². The first kappa shape index (κ1) is 20.1. The van der Waals surface area contributed by atoms with Crippen molar-refractivity contribution in [3.05, 3.63) is 64.7 Å². The van der Waals surface area contributed by atoms with Gasteiger partial charge in [0.25, 0.3) is 5.91 Å². The van der Waals surface area contributed by atoms with E-state index >= 15 is 0 Å². The number of carbonyl (C=O) groups is 3. The van der Waals surface area contributed by atoms with Crippen LogP contribution in [-0.2, 0) is 22.6 Å². The lowest BCUT2D eigenvalue weighted by Crippen LogP contribution is -2.18. The maximum Gasteiger partial charge on any atom is 0.335 e. The summed E-state index contributed by atoms with van der Waals surface area (Å²) < 4.78 is 5.03. The minimum absolute atomic E-state index is 0.0816. The zero-order chi connectivity index (χ0) is 19.8. The number of hydrogen-bond donors (Lipinski definition) is 3. The van der Waals surface area contributed by atoms with Crippen LogP contribution in [0.25, 0.3) is 0 Å². The van der Waals surface area contributed by atoms with Crippen molar-refractivity contribution in [2.75, 3.05) is 19.5 Å². The summed E-state index contributed by atoms with van der Waals surface area (Å²) in [5.41, 5.74) is 2.55. The van der Waals surface area contributed by atoms with Gasteiger partial charge in [-0.2, -0.15) is 0 Å². The Labute approximate surface area is 157 Å². The third-order valence-electron chi connectivity index (χ3n) is 3.89. The molecule has 142 valence electrons. The van der Waals surface area contributed by atoms with Crippen molar-refractivity contribution in [1.29, 1.82) is 0 Å². The summed E-state index contributed by atoms with van der Waals surface area (Å²) in [4.78, 5) is 35.1. The molecule has 7 heteroatoms. The third-order valence-corrected chi connectivity index (χ3v) is 3.89. The molecule has 0 radical (unpaired) electrons. The number of amides is 2. The molecule has 2 aromatic carbocycles. The highest BCUT2D eigenvalue weighted by Gasteiger charge is 2.10. The van der Waals surface area contributed by atoms with E-state index in [1.165, 1.54) is 19.2 Å². The first-order chi connectivity index (χ1) is 12.9. The lowest BCUT2D eigenvalue weighted by atomic mass is 10.1. The van der Waals surface area contributed by atoms with Gasteiger partial charge in [-0.1, -0.05) is 12.1 Å². The summed E-state index contributed by atoms with van der Waals surface area (Å²) in [6, 6.07) is 11.7. The molecule has 27 heavy (non-hydrogen) atoms. The number of methoxy groups -OCH3 is 1. The summed E-state index contributed by atoms with van der Waals surface area (Å²) in [6.07, 6.45) is 0.661. The molecule has 0 aliphatic heterocycles.